The average molecular weight is 433 g/mol. The molecule has 32 heavy (non-hydrogen) atoms. The lowest BCUT2D eigenvalue weighted by Gasteiger charge is -2.28. The van der Waals surface area contributed by atoms with Crippen LogP contribution in [-0.4, -0.2) is 13.7 Å². The first-order valence-electron chi connectivity index (χ1n) is 11.6. The van der Waals surface area contributed by atoms with Crippen molar-refractivity contribution in [3.8, 4) is 11.8 Å². The number of benzene rings is 3. The molecular weight excluding hydrogens is 402 g/mol. The Bertz CT molecular complexity index is 1100. The summed E-state index contributed by atoms with van der Waals surface area (Å²) >= 11 is 0. The van der Waals surface area contributed by atoms with E-state index in [0.717, 1.165) is 42.1 Å². The molecule has 0 atom stereocenters. The lowest BCUT2D eigenvalue weighted by Crippen LogP contribution is -2.16. The number of fused-ring (bicyclic) bond motifs is 1. The van der Waals surface area contributed by atoms with E-state index in [1.165, 1.54) is 44.1 Å². The molecular formula is C29H30F2O. The Morgan fingerprint density at radius 2 is 1.47 bits per heavy atom. The smallest absolute Gasteiger partial charge is 0.166 e. The van der Waals surface area contributed by atoms with Crippen molar-refractivity contribution >= 4 is 10.8 Å². The predicted molar refractivity (Wildman–Crippen MR) is 127 cm³/mol. The molecule has 0 aromatic heterocycles. The summed E-state index contributed by atoms with van der Waals surface area (Å²) < 4.78 is 32.4. The van der Waals surface area contributed by atoms with Crippen LogP contribution in [0.1, 0.15) is 55.2 Å². The standard InChI is InChI=1S/C29H30F2O/c1-32-19-18-24-10-8-22(9-11-24)3-2-21-4-6-23(7-5-21)12-13-25-14-16-27-26(20-25)15-17-28(30)29(27)31/h4-7,14-17,20,22,24H,2-3,8-11,18-19H2,1H3. The van der Waals surface area contributed by atoms with Crippen molar-refractivity contribution in [3.05, 3.63) is 82.9 Å². The molecule has 0 unspecified atom stereocenters. The van der Waals surface area contributed by atoms with Gasteiger partial charge in [0.05, 0.1) is 0 Å². The fourth-order valence-electron chi connectivity index (χ4n) is 4.71. The minimum atomic E-state index is -0.828. The van der Waals surface area contributed by atoms with Gasteiger partial charge in [-0.2, -0.15) is 0 Å². The Hall–Kier alpha value is -2.70. The van der Waals surface area contributed by atoms with Gasteiger partial charge in [-0.1, -0.05) is 61.8 Å². The van der Waals surface area contributed by atoms with Gasteiger partial charge in [-0.25, -0.2) is 8.78 Å². The molecule has 0 spiro atoms. The Balaban J connectivity index is 1.31. The summed E-state index contributed by atoms with van der Waals surface area (Å²) in [4.78, 5) is 0. The molecule has 1 nitrogen and oxygen atoms in total. The second-order valence-corrected chi connectivity index (χ2v) is 8.95. The van der Waals surface area contributed by atoms with Crippen LogP contribution in [0.15, 0.2) is 54.6 Å². The molecule has 3 heteroatoms. The van der Waals surface area contributed by atoms with E-state index in [9.17, 15) is 8.78 Å². The van der Waals surface area contributed by atoms with Crippen LogP contribution < -0.4 is 0 Å². The number of rotatable bonds is 6. The van der Waals surface area contributed by atoms with Crippen LogP contribution >= 0.6 is 0 Å². The van der Waals surface area contributed by atoms with Gasteiger partial charge < -0.3 is 4.74 Å². The zero-order valence-electron chi connectivity index (χ0n) is 18.7. The van der Waals surface area contributed by atoms with Crippen LogP contribution in [0.5, 0.6) is 0 Å². The first kappa shape index (κ1) is 22.5. The molecule has 3 aromatic rings. The maximum Gasteiger partial charge on any atom is 0.166 e. The van der Waals surface area contributed by atoms with Crippen LogP contribution in [0.25, 0.3) is 10.8 Å². The van der Waals surface area contributed by atoms with Crippen molar-refractivity contribution in [2.24, 2.45) is 11.8 Å². The molecule has 166 valence electrons. The molecule has 1 aliphatic rings. The van der Waals surface area contributed by atoms with Gasteiger partial charge in [0.25, 0.3) is 0 Å². The number of aryl methyl sites for hydroxylation is 1. The highest BCUT2D eigenvalue weighted by molar-refractivity contribution is 5.84. The molecule has 0 saturated heterocycles. The Kier molecular flexibility index (Phi) is 7.55. The van der Waals surface area contributed by atoms with Gasteiger partial charge in [0, 0.05) is 30.2 Å². The fraction of sp³-hybridized carbons (Fsp3) is 0.379. The summed E-state index contributed by atoms with van der Waals surface area (Å²) in [5.41, 5.74) is 3.10. The number of ether oxygens (including phenoxy) is 1. The highest BCUT2D eigenvalue weighted by atomic mass is 19.2. The fourth-order valence-corrected chi connectivity index (χ4v) is 4.71. The van der Waals surface area contributed by atoms with Crippen molar-refractivity contribution < 1.29 is 13.5 Å². The maximum absolute atomic E-state index is 13.8. The largest absolute Gasteiger partial charge is 0.385 e. The summed E-state index contributed by atoms with van der Waals surface area (Å²) in [7, 11) is 1.79. The average Bonchev–Trinajstić information content (AvgIpc) is 2.84. The quantitative estimate of drug-likeness (QED) is 0.372. The van der Waals surface area contributed by atoms with Crippen LogP contribution in [0, 0.1) is 35.3 Å². The number of methoxy groups -OCH3 is 1. The minimum Gasteiger partial charge on any atom is -0.385 e. The first-order valence-corrected chi connectivity index (χ1v) is 11.6. The molecule has 0 amide bonds. The van der Waals surface area contributed by atoms with E-state index < -0.39 is 11.6 Å². The van der Waals surface area contributed by atoms with Crippen LogP contribution in [-0.2, 0) is 11.2 Å². The summed E-state index contributed by atoms with van der Waals surface area (Å²) in [5, 5.41) is 0.933. The lowest BCUT2D eigenvalue weighted by atomic mass is 9.78. The summed E-state index contributed by atoms with van der Waals surface area (Å²) in [6, 6.07) is 16.3. The normalized spacial score (nSPS) is 18.3. The number of halogens is 2. The summed E-state index contributed by atoms with van der Waals surface area (Å²) in [5.74, 6) is 6.38. The van der Waals surface area contributed by atoms with E-state index in [0.29, 0.717) is 5.39 Å². The van der Waals surface area contributed by atoms with E-state index in [2.05, 4.69) is 36.1 Å². The molecule has 3 aromatic carbocycles. The van der Waals surface area contributed by atoms with Crippen LogP contribution in [0.4, 0.5) is 8.78 Å². The topological polar surface area (TPSA) is 9.23 Å². The van der Waals surface area contributed by atoms with Gasteiger partial charge in [-0.15, -0.1) is 0 Å². The predicted octanol–water partition coefficient (Wildman–Crippen LogP) is 7.29. The third kappa shape index (κ3) is 5.75. The number of hydrogen-bond donors (Lipinski definition) is 0. The Morgan fingerprint density at radius 3 is 2.19 bits per heavy atom. The SMILES string of the molecule is COCCC1CCC(CCc2ccc(C#Cc3ccc4c(F)c(F)ccc4c3)cc2)CC1. The van der Waals surface area contributed by atoms with Crippen LogP contribution in [0.3, 0.4) is 0 Å². The third-order valence-electron chi connectivity index (χ3n) is 6.75. The summed E-state index contributed by atoms with van der Waals surface area (Å²) in [6.07, 6.45) is 8.98. The molecule has 1 aliphatic carbocycles. The molecule has 1 saturated carbocycles. The zero-order valence-corrected chi connectivity index (χ0v) is 18.7. The van der Waals surface area contributed by atoms with Gasteiger partial charge >= 0.3 is 0 Å². The van der Waals surface area contributed by atoms with E-state index in [4.69, 9.17) is 4.74 Å². The molecule has 0 aliphatic heterocycles. The second-order valence-electron chi connectivity index (χ2n) is 8.95. The molecule has 0 heterocycles. The summed E-state index contributed by atoms with van der Waals surface area (Å²) in [6.45, 7) is 0.893. The highest BCUT2D eigenvalue weighted by Crippen LogP contribution is 2.33. The van der Waals surface area contributed by atoms with Crippen molar-refractivity contribution in [2.45, 2.75) is 44.9 Å². The van der Waals surface area contributed by atoms with E-state index in [1.54, 1.807) is 31.4 Å². The minimum absolute atomic E-state index is 0.281. The van der Waals surface area contributed by atoms with Gasteiger partial charge in [-0.05, 0) is 72.4 Å². The molecule has 0 N–H and O–H groups in total. The van der Waals surface area contributed by atoms with E-state index >= 15 is 0 Å². The molecule has 0 radical (unpaired) electrons. The van der Waals surface area contributed by atoms with Crippen molar-refractivity contribution in [2.75, 3.05) is 13.7 Å². The van der Waals surface area contributed by atoms with Gasteiger partial charge in [0.2, 0.25) is 0 Å². The van der Waals surface area contributed by atoms with Crippen molar-refractivity contribution in [1.82, 2.24) is 0 Å². The Labute approximate surface area is 189 Å². The monoisotopic (exact) mass is 432 g/mol. The molecule has 4 rings (SSSR count). The van der Waals surface area contributed by atoms with Gasteiger partial charge in [-0.3, -0.25) is 0 Å². The molecule has 0 bridgehead atoms. The van der Waals surface area contributed by atoms with E-state index in [1.807, 2.05) is 0 Å². The number of hydrogen-bond acceptors (Lipinski definition) is 1. The first-order chi connectivity index (χ1) is 15.6. The lowest BCUT2D eigenvalue weighted by molar-refractivity contribution is 0.155. The third-order valence-corrected chi connectivity index (χ3v) is 6.75. The Morgan fingerprint density at radius 1 is 0.812 bits per heavy atom. The maximum atomic E-state index is 13.8. The zero-order chi connectivity index (χ0) is 22.3. The molecule has 1 fully saturated rings. The van der Waals surface area contributed by atoms with Crippen LogP contribution in [0.2, 0.25) is 0 Å². The highest BCUT2D eigenvalue weighted by Gasteiger charge is 2.20. The second kappa shape index (κ2) is 10.7. The van der Waals surface area contributed by atoms with Gasteiger partial charge in [0.15, 0.2) is 11.6 Å². The van der Waals surface area contributed by atoms with Crippen molar-refractivity contribution in [3.63, 3.8) is 0 Å². The van der Waals surface area contributed by atoms with E-state index in [-0.39, 0.29) is 5.39 Å². The van der Waals surface area contributed by atoms with Crippen molar-refractivity contribution in [1.29, 1.82) is 0 Å². The van der Waals surface area contributed by atoms with Gasteiger partial charge in [0.1, 0.15) is 0 Å².